The van der Waals surface area contributed by atoms with Gasteiger partial charge in [-0.05, 0) is 18.2 Å². The van der Waals surface area contributed by atoms with Gasteiger partial charge in [0.2, 0.25) is 0 Å². The van der Waals surface area contributed by atoms with Crippen molar-refractivity contribution in [3.63, 3.8) is 0 Å². The van der Waals surface area contributed by atoms with Crippen LogP contribution < -0.4 is 10.1 Å². The van der Waals surface area contributed by atoms with Crippen molar-refractivity contribution in [1.82, 2.24) is 4.90 Å². The minimum absolute atomic E-state index is 0.0730. The molecule has 2 amide bonds. The van der Waals surface area contributed by atoms with Gasteiger partial charge in [0, 0.05) is 25.8 Å². The van der Waals surface area contributed by atoms with Crippen LogP contribution >= 0.6 is 34.5 Å². The molecule has 0 saturated heterocycles. The third-order valence-electron chi connectivity index (χ3n) is 2.85. The number of likely N-dealkylation sites (N-methyl/N-ethyl adjacent to an activating group) is 1. The second-order valence-corrected chi connectivity index (χ2v) is 7.08. The maximum Gasteiger partial charge on any atom is 0.259 e. The monoisotopic (exact) mass is 372 g/mol. The van der Waals surface area contributed by atoms with Gasteiger partial charge in [-0.15, -0.1) is 11.3 Å². The van der Waals surface area contributed by atoms with Crippen molar-refractivity contribution in [3.05, 3.63) is 44.6 Å². The van der Waals surface area contributed by atoms with Crippen molar-refractivity contribution in [3.8, 4) is 5.75 Å². The Morgan fingerprint density at radius 1 is 1.26 bits per heavy atom. The number of benzene rings is 1. The molecule has 0 unspecified atom stereocenters. The van der Waals surface area contributed by atoms with Crippen molar-refractivity contribution in [2.75, 3.05) is 26.0 Å². The summed E-state index contributed by atoms with van der Waals surface area (Å²) in [7, 11) is 3.30. The first kappa shape index (κ1) is 17.6. The van der Waals surface area contributed by atoms with Crippen LogP contribution in [0.2, 0.25) is 8.67 Å². The Morgan fingerprint density at radius 3 is 2.61 bits per heavy atom. The summed E-state index contributed by atoms with van der Waals surface area (Å²) in [4.78, 5) is 25.1. The lowest BCUT2D eigenvalue weighted by Crippen LogP contribution is -2.27. The van der Waals surface area contributed by atoms with Crippen LogP contribution in [0.4, 0.5) is 5.69 Å². The van der Waals surface area contributed by atoms with Crippen LogP contribution in [0.5, 0.6) is 5.75 Å². The average Bonchev–Trinajstić information content (AvgIpc) is 2.83. The summed E-state index contributed by atoms with van der Waals surface area (Å²) in [5, 5.41) is 2.71. The van der Waals surface area contributed by atoms with E-state index in [1.54, 1.807) is 38.4 Å². The van der Waals surface area contributed by atoms with Gasteiger partial charge in [-0.25, -0.2) is 0 Å². The molecule has 0 spiro atoms. The number of carbonyl (C=O) groups excluding carboxylic acids is 2. The summed E-state index contributed by atoms with van der Waals surface area (Å²) < 4.78 is 6.17. The number of nitrogens with one attached hydrogen (secondary N) is 1. The first-order valence-corrected chi connectivity index (χ1v) is 8.13. The number of carbonyl (C=O) groups is 2. The zero-order chi connectivity index (χ0) is 17.0. The normalized spacial score (nSPS) is 10.3. The lowest BCUT2D eigenvalue weighted by Gasteiger charge is -2.12. The SMILES string of the molecule is CN(C)C(=O)COc1cccc(NC(=O)c2cc(Cl)sc2Cl)c1. The van der Waals surface area contributed by atoms with Crippen LogP contribution in [0.25, 0.3) is 0 Å². The van der Waals surface area contributed by atoms with Crippen molar-refractivity contribution < 1.29 is 14.3 Å². The Kier molecular flexibility index (Phi) is 5.87. The second kappa shape index (κ2) is 7.68. The zero-order valence-corrected chi connectivity index (χ0v) is 14.8. The first-order chi connectivity index (χ1) is 10.9. The largest absolute Gasteiger partial charge is 0.484 e. The van der Waals surface area contributed by atoms with Gasteiger partial charge in [0.15, 0.2) is 6.61 Å². The van der Waals surface area contributed by atoms with E-state index in [1.807, 2.05) is 0 Å². The number of thiophene rings is 1. The Morgan fingerprint density at radius 2 is 2.00 bits per heavy atom. The Hall–Kier alpha value is -1.76. The maximum atomic E-state index is 12.2. The van der Waals surface area contributed by atoms with Gasteiger partial charge >= 0.3 is 0 Å². The molecule has 0 aliphatic rings. The molecule has 0 saturated carbocycles. The number of anilines is 1. The van der Waals surface area contributed by atoms with Gasteiger partial charge in [0.25, 0.3) is 11.8 Å². The van der Waals surface area contributed by atoms with E-state index in [4.69, 9.17) is 27.9 Å². The molecule has 1 heterocycles. The van der Waals surface area contributed by atoms with Gasteiger partial charge in [-0.3, -0.25) is 9.59 Å². The quantitative estimate of drug-likeness (QED) is 0.868. The van der Waals surface area contributed by atoms with Crippen LogP contribution in [0.15, 0.2) is 30.3 Å². The maximum absolute atomic E-state index is 12.2. The highest BCUT2D eigenvalue weighted by atomic mass is 35.5. The molecule has 8 heteroatoms. The van der Waals surface area contributed by atoms with Gasteiger partial charge in [-0.1, -0.05) is 29.3 Å². The smallest absolute Gasteiger partial charge is 0.259 e. The molecular formula is C15H14Cl2N2O3S. The summed E-state index contributed by atoms with van der Waals surface area (Å²) in [6.07, 6.45) is 0. The van der Waals surface area contributed by atoms with Crippen molar-refractivity contribution in [2.45, 2.75) is 0 Å². The first-order valence-electron chi connectivity index (χ1n) is 6.56. The van der Waals surface area contributed by atoms with E-state index >= 15 is 0 Å². The highest BCUT2D eigenvalue weighted by Gasteiger charge is 2.14. The molecule has 122 valence electrons. The van der Waals surface area contributed by atoms with E-state index < -0.39 is 0 Å². The van der Waals surface area contributed by atoms with Crippen molar-refractivity contribution >= 4 is 52.0 Å². The van der Waals surface area contributed by atoms with Crippen LogP contribution in [0.1, 0.15) is 10.4 Å². The highest BCUT2D eigenvalue weighted by Crippen LogP contribution is 2.31. The summed E-state index contributed by atoms with van der Waals surface area (Å²) in [5.41, 5.74) is 0.846. The summed E-state index contributed by atoms with van der Waals surface area (Å²) in [6.45, 7) is -0.0730. The number of rotatable bonds is 5. The number of hydrogen-bond donors (Lipinski definition) is 1. The standard InChI is InChI=1S/C15H14Cl2N2O3S/c1-19(2)13(20)8-22-10-5-3-4-9(6-10)18-15(21)11-7-12(16)23-14(11)17/h3-7H,8H2,1-2H3,(H,18,21). The Balaban J connectivity index is 2.03. The molecule has 5 nitrogen and oxygen atoms in total. The number of nitrogens with zero attached hydrogens (tertiary/aromatic N) is 1. The topological polar surface area (TPSA) is 58.6 Å². The molecule has 1 aromatic heterocycles. The van der Waals surface area contributed by atoms with Crippen LogP contribution in [0, 0.1) is 0 Å². The molecule has 2 aromatic rings. The zero-order valence-electron chi connectivity index (χ0n) is 12.4. The molecule has 0 aliphatic carbocycles. The van der Waals surface area contributed by atoms with Crippen LogP contribution in [0.3, 0.4) is 0 Å². The van der Waals surface area contributed by atoms with Gasteiger partial charge in [0.1, 0.15) is 10.1 Å². The second-order valence-electron chi connectivity index (χ2n) is 4.80. The lowest BCUT2D eigenvalue weighted by atomic mass is 10.2. The summed E-state index contributed by atoms with van der Waals surface area (Å²) in [6, 6.07) is 8.27. The van der Waals surface area contributed by atoms with Crippen molar-refractivity contribution in [2.24, 2.45) is 0 Å². The minimum Gasteiger partial charge on any atom is -0.484 e. The number of amides is 2. The molecule has 1 aromatic carbocycles. The van der Waals surface area contributed by atoms with E-state index in [2.05, 4.69) is 5.32 Å². The Labute approximate surface area is 147 Å². The third kappa shape index (κ3) is 4.86. The Bertz CT molecular complexity index is 731. The molecule has 0 radical (unpaired) electrons. The fourth-order valence-corrected chi connectivity index (χ4v) is 3.09. The van der Waals surface area contributed by atoms with E-state index in [9.17, 15) is 9.59 Å². The highest BCUT2D eigenvalue weighted by molar-refractivity contribution is 7.20. The van der Waals surface area contributed by atoms with Gasteiger partial charge < -0.3 is 15.0 Å². The molecule has 2 rings (SSSR count). The lowest BCUT2D eigenvalue weighted by molar-refractivity contribution is -0.130. The minimum atomic E-state index is -0.361. The molecule has 0 bridgehead atoms. The van der Waals surface area contributed by atoms with Gasteiger partial charge in [-0.2, -0.15) is 0 Å². The van der Waals surface area contributed by atoms with E-state index in [0.29, 0.717) is 25.7 Å². The van der Waals surface area contributed by atoms with Crippen molar-refractivity contribution in [1.29, 1.82) is 0 Å². The molecule has 0 atom stereocenters. The fourth-order valence-electron chi connectivity index (χ4n) is 1.63. The number of ether oxygens (including phenoxy) is 1. The molecule has 0 fully saturated rings. The third-order valence-corrected chi connectivity index (χ3v) is 4.34. The van der Waals surface area contributed by atoms with Crippen LogP contribution in [-0.2, 0) is 4.79 Å². The fraction of sp³-hybridized carbons (Fsp3) is 0.200. The predicted molar refractivity (Wildman–Crippen MR) is 92.9 cm³/mol. The molecule has 1 N–H and O–H groups in total. The summed E-state index contributed by atoms with van der Waals surface area (Å²) in [5.74, 6) is -0.0359. The molecular weight excluding hydrogens is 359 g/mol. The predicted octanol–water partition coefficient (Wildman–Crippen LogP) is 3.77. The number of halogens is 2. The average molecular weight is 373 g/mol. The summed E-state index contributed by atoms with van der Waals surface area (Å²) >= 11 is 12.9. The van der Waals surface area contributed by atoms with Crippen LogP contribution in [-0.4, -0.2) is 37.4 Å². The molecule has 0 aliphatic heterocycles. The van der Waals surface area contributed by atoms with E-state index in [-0.39, 0.29) is 18.4 Å². The molecule has 23 heavy (non-hydrogen) atoms. The van der Waals surface area contributed by atoms with Gasteiger partial charge in [0.05, 0.1) is 9.90 Å². The van der Waals surface area contributed by atoms with E-state index in [0.717, 1.165) is 11.3 Å². The number of hydrogen-bond acceptors (Lipinski definition) is 4. The van der Waals surface area contributed by atoms with E-state index in [1.165, 1.54) is 11.0 Å².